The number of esters is 3. The highest BCUT2D eigenvalue weighted by Gasteiger charge is 2.57. The molecule has 0 radical (unpaired) electrons. The van der Waals surface area contributed by atoms with E-state index < -0.39 is 29.4 Å². The van der Waals surface area contributed by atoms with Crippen LogP contribution >= 0.6 is 0 Å². The van der Waals surface area contributed by atoms with Crippen LogP contribution in [0.15, 0.2) is 0 Å². The Bertz CT molecular complexity index is 828. The fourth-order valence-electron chi connectivity index (χ4n) is 7.60. The van der Waals surface area contributed by atoms with Crippen LogP contribution in [0, 0.1) is 5.41 Å². The molecule has 1 N–H and O–H groups in total. The molecule has 1 rings (SSSR count). The van der Waals surface area contributed by atoms with E-state index in [1.54, 1.807) is 0 Å². The topological polar surface area (TPSA) is 90.9 Å². The van der Waals surface area contributed by atoms with Gasteiger partial charge in [0.2, 0.25) is 0 Å². The minimum Gasteiger partial charge on any atom is -0.464 e. The summed E-state index contributed by atoms with van der Waals surface area (Å²) in [6.07, 6.45) is 27.4. The van der Waals surface area contributed by atoms with Crippen molar-refractivity contribution >= 4 is 17.9 Å². The van der Waals surface area contributed by atoms with E-state index in [1.165, 1.54) is 103 Å². The molecule has 1 fully saturated rings. The summed E-state index contributed by atoms with van der Waals surface area (Å²) >= 11 is 0. The zero-order chi connectivity index (χ0) is 36.4. The van der Waals surface area contributed by atoms with Gasteiger partial charge in [-0.3, -0.25) is 14.4 Å². The summed E-state index contributed by atoms with van der Waals surface area (Å²) in [5.74, 6) is -2.45. The summed E-state index contributed by atoms with van der Waals surface area (Å²) in [4.78, 5) is 41.6. The number of carbonyl (C=O) groups excluding carboxylic acids is 3. The number of hydrogen-bond donors (Lipinski definition) is 1. The van der Waals surface area contributed by atoms with E-state index in [4.69, 9.17) is 14.2 Å². The van der Waals surface area contributed by atoms with E-state index in [2.05, 4.69) is 46.9 Å². The predicted octanol–water partition coefficient (Wildman–Crippen LogP) is 11.3. The van der Waals surface area contributed by atoms with Crippen LogP contribution in [0.1, 0.15) is 215 Å². The van der Waals surface area contributed by atoms with Crippen molar-refractivity contribution in [1.82, 2.24) is 5.32 Å². The van der Waals surface area contributed by atoms with Crippen LogP contribution in [0.25, 0.3) is 0 Å². The molecule has 0 bridgehead atoms. The molecule has 1 heterocycles. The SMILES string of the molecule is CCCCCCCCCCCCCOC(=O)C(CCC)(C(=O)OCCCCCCCCCCCCC)C(=O)OC1CC(C)(C)NC(C)(C)C1. The van der Waals surface area contributed by atoms with Gasteiger partial charge in [0.15, 0.2) is 0 Å². The molecule has 0 unspecified atom stereocenters. The van der Waals surface area contributed by atoms with Crippen LogP contribution in [-0.4, -0.2) is 48.3 Å². The maximum Gasteiger partial charge on any atom is 0.335 e. The summed E-state index contributed by atoms with van der Waals surface area (Å²) in [5, 5.41) is 3.60. The second kappa shape index (κ2) is 26.2. The van der Waals surface area contributed by atoms with Gasteiger partial charge in [0.05, 0.1) is 13.2 Å². The lowest BCUT2D eigenvalue weighted by Gasteiger charge is -2.46. The molecule has 0 saturated carbocycles. The standard InChI is InChI=1S/C42H79NO6/c1-8-11-13-15-17-19-21-23-25-27-29-32-47-37(44)42(31-10-3,39(46)49-36-34-40(4,5)43-41(6,7)35-36)38(45)48-33-30-28-26-24-22-20-18-16-14-12-9-2/h36,43H,8-35H2,1-7H3. The van der Waals surface area contributed by atoms with Crippen molar-refractivity contribution in [2.75, 3.05) is 13.2 Å². The van der Waals surface area contributed by atoms with Crippen molar-refractivity contribution in [3.8, 4) is 0 Å². The Hall–Kier alpha value is -1.63. The number of rotatable bonds is 30. The highest BCUT2D eigenvalue weighted by atomic mass is 16.6. The quantitative estimate of drug-likeness (QED) is 0.0346. The molecule has 1 aliphatic heterocycles. The number of hydrogen-bond acceptors (Lipinski definition) is 7. The molecule has 7 heteroatoms. The first kappa shape index (κ1) is 45.4. The molecule has 0 spiro atoms. The number of piperidine rings is 1. The molecule has 0 aliphatic carbocycles. The third-order valence-electron chi connectivity index (χ3n) is 10.1. The van der Waals surface area contributed by atoms with Gasteiger partial charge in [0.25, 0.3) is 5.41 Å². The van der Waals surface area contributed by atoms with E-state index in [0.29, 0.717) is 32.1 Å². The number of unbranched alkanes of at least 4 members (excludes halogenated alkanes) is 20. The molecular weight excluding hydrogens is 614 g/mol. The van der Waals surface area contributed by atoms with Crippen molar-refractivity contribution in [1.29, 1.82) is 0 Å². The van der Waals surface area contributed by atoms with Crippen LogP contribution in [0.4, 0.5) is 0 Å². The average molecular weight is 694 g/mol. The molecule has 288 valence electrons. The van der Waals surface area contributed by atoms with Crippen LogP contribution in [-0.2, 0) is 28.6 Å². The average Bonchev–Trinajstić information content (AvgIpc) is 3.02. The largest absolute Gasteiger partial charge is 0.464 e. The predicted molar refractivity (Wildman–Crippen MR) is 203 cm³/mol. The first-order valence-electron chi connectivity index (χ1n) is 20.8. The van der Waals surface area contributed by atoms with Crippen molar-refractivity contribution in [3.63, 3.8) is 0 Å². The zero-order valence-electron chi connectivity index (χ0n) is 33.3. The molecule has 0 aromatic heterocycles. The fraction of sp³-hybridized carbons (Fsp3) is 0.929. The van der Waals surface area contributed by atoms with Gasteiger partial charge in [0.1, 0.15) is 6.10 Å². The van der Waals surface area contributed by atoms with Crippen LogP contribution in [0.3, 0.4) is 0 Å². The Morgan fingerprint density at radius 3 is 1.16 bits per heavy atom. The Morgan fingerprint density at radius 1 is 0.510 bits per heavy atom. The minimum atomic E-state index is -2.09. The maximum absolute atomic E-state index is 14.0. The van der Waals surface area contributed by atoms with Crippen LogP contribution < -0.4 is 5.32 Å². The van der Waals surface area contributed by atoms with E-state index in [0.717, 1.165) is 25.7 Å². The van der Waals surface area contributed by atoms with Crippen LogP contribution in [0.2, 0.25) is 0 Å². The molecule has 49 heavy (non-hydrogen) atoms. The fourth-order valence-corrected chi connectivity index (χ4v) is 7.60. The molecule has 1 aliphatic rings. The van der Waals surface area contributed by atoms with E-state index >= 15 is 0 Å². The summed E-state index contributed by atoms with van der Waals surface area (Å²) in [5.41, 5.74) is -2.61. The summed E-state index contributed by atoms with van der Waals surface area (Å²) in [7, 11) is 0. The molecule has 0 amide bonds. The normalized spacial score (nSPS) is 16.0. The monoisotopic (exact) mass is 694 g/mol. The Morgan fingerprint density at radius 2 is 0.837 bits per heavy atom. The summed E-state index contributed by atoms with van der Waals surface area (Å²) in [6.45, 7) is 15.1. The molecule has 1 saturated heterocycles. The summed E-state index contributed by atoms with van der Waals surface area (Å²) < 4.78 is 17.5. The first-order valence-corrected chi connectivity index (χ1v) is 20.8. The molecule has 0 aromatic carbocycles. The Kier molecular flexibility index (Phi) is 24.3. The molecular formula is C42H79NO6. The van der Waals surface area contributed by atoms with Crippen LogP contribution in [0.5, 0.6) is 0 Å². The van der Waals surface area contributed by atoms with Gasteiger partial charge in [-0.1, -0.05) is 156 Å². The maximum atomic E-state index is 14.0. The lowest BCUT2D eigenvalue weighted by atomic mass is 9.80. The van der Waals surface area contributed by atoms with Crippen molar-refractivity contribution in [3.05, 3.63) is 0 Å². The summed E-state index contributed by atoms with van der Waals surface area (Å²) in [6, 6.07) is 0. The van der Waals surface area contributed by atoms with E-state index in [9.17, 15) is 14.4 Å². The second-order valence-electron chi connectivity index (χ2n) is 16.3. The smallest absolute Gasteiger partial charge is 0.335 e. The molecule has 0 atom stereocenters. The number of carbonyl (C=O) groups is 3. The third-order valence-corrected chi connectivity index (χ3v) is 10.1. The first-order chi connectivity index (χ1) is 23.4. The molecule has 7 nitrogen and oxygen atoms in total. The lowest BCUT2D eigenvalue weighted by Crippen LogP contribution is -2.60. The van der Waals surface area contributed by atoms with Gasteiger partial charge in [-0.2, -0.15) is 0 Å². The second-order valence-corrected chi connectivity index (χ2v) is 16.3. The van der Waals surface area contributed by atoms with Gasteiger partial charge < -0.3 is 19.5 Å². The van der Waals surface area contributed by atoms with Gasteiger partial charge in [0, 0.05) is 23.9 Å². The highest BCUT2D eigenvalue weighted by molar-refractivity contribution is 6.18. The zero-order valence-corrected chi connectivity index (χ0v) is 33.3. The van der Waals surface area contributed by atoms with Gasteiger partial charge in [-0.15, -0.1) is 0 Å². The van der Waals surface area contributed by atoms with E-state index in [-0.39, 0.29) is 30.7 Å². The lowest BCUT2D eigenvalue weighted by molar-refractivity contribution is -0.189. The van der Waals surface area contributed by atoms with E-state index in [1.807, 2.05) is 6.92 Å². The minimum absolute atomic E-state index is 0.0117. The van der Waals surface area contributed by atoms with Crippen molar-refractivity contribution < 1.29 is 28.6 Å². The van der Waals surface area contributed by atoms with Gasteiger partial charge in [-0.25, -0.2) is 0 Å². The highest BCUT2D eigenvalue weighted by Crippen LogP contribution is 2.35. The van der Waals surface area contributed by atoms with Crippen molar-refractivity contribution in [2.45, 2.75) is 233 Å². The van der Waals surface area contributed by atoms with Gasteiger partial charge in [-0.05, 0) is 47.0 Å². The third kappa shape index (κ3) is 19.5. The Labute approximate surface area is 302 Å². The number of nitrogens with one attached hydrogen (secondary N) is 1. The van der Waals surface area contributed by atoms with Crippen molar-refractivity contribution in [2.24, 2.45) is 5.41 Å². The van der Waals surface area contributed by atoms with Gasteiger partial charge >= 0.3 is 17.9 Å². The Balaban J connectivity index is 2.73. The number of ether oxygens (including phenoxy) is 3. The molecule has 0 aromatic rings.